The van der Waals surface area contributed by atoms with Crippen LogP contribution in [0.15, 0.2) is 18.2 Å². The summed E-state index contributed by atoms with van der Waals surface area (Å²) in [6, 6.07) is 6.22. The lowest BCUT2D eigenvalue weighted by Crippen LogP contribution is -2.35. The van der Waals surface area contributed by atoms with Gasteiger partial charge in [0.15, 0.2) is 11.5 Å². The average molecular weight is 291 g/mol. The van der Waals surface area contributed by atoms with Crippen molar-refractivity contribution in [1.29, 1.82) is 0 Å². The molecule has 0 saturated carbocycles. The highest BCUT2D eigenvalue weighted by atomic mass is 16.7. The molecule has 0 radical (unpaired) electrons. The van der Waals surface area contributed by atoms with E-state index in [1.165, 1.54) is 5.56 Å². The van der Waals surface area contributed by atoms with Crippen LogP contribution in [0.4, 0.5) is 0 Å². The molecule has 3 heterocycles. The van der Waals surface area contributed by atoms with Crippen LogP contribution in [0.25, 0.3) is 0 Å². The maximum atomic E-state index is 5.68. The predicted molar refractivity (Wildman–Crippen MR) is 76.5 cm³/mol. The van der Waals surface area contributed by atoms with Gasteiger partial charge in [-0.2, -0.15) is 0 Å². The van der Waals surface area contributed by atoms with Crippen LogP contribution in [0.2, 0.25) is 0 Å². The van der Waals surface area contributed by atoms with E-state index in [1.54, 1.807) is 7.11 Å². The summed E-state index contributed by atoms with van der Waals surface area (Å²) in [5.74, 6) is 2.30. The van der Waals surface area contributed by atoms with Gasteiger partial charge in [-0.05, 0) is 17.7 Å². The molecular formula is C16H21NO4. The lowest BCUT2D eigenvalue weighted by Gasteiger charge is -2.26. The van der Waals surface area contributed by atoms with Gasteiger partial charge in [0.25, 0.3) is 0 Å². The Morgan fingerprint density at radius 2 is 2.24 bits per heavy atom. The van der Waals surface area contributed by atoms with Crippen LogP contribution in [-0.4, -0.2) is 51.7 Å². The summed E-state index contributed by atoms with van der Waals surface area (Å²) in [5, 5.41) is 0. The van der Waals surface area contributed by atoms with E-state index < -0.39 is 0 Å². The zero-order valence-electron chi connectivity index (χ0n) is 12.3. The van der Waals surface area contributed by atoms with Crippen molar-refractivity contribution in [3.8, 4) is 11.5 Å². The topological polar surface area (TPSA) is 40.2 Å². The first-order chi connectivity index (χ1) is 10.3. The molecule has 21 heavy (non-hydrogen) atoms. The van der Waals surface area contributed by atoms with Gasteiger partial charge < -0.3 is 18.9 Å². The lowest BCUT2D eigenvalue weighted by atomic mass is 9.82. The number of fused-ring (bicyclic) bond motifs is 2. The summed E-state index contributed by atoms with van der Waals surface area (Å²) in [4.78, 5) is 2.50. The Morgan fingerprint density at radius 1 is 1.33 bits per heavy atom. The number of likely N-dealkylation sites (tertiary alicyclic amines) is 1. The molecule has 5 nitrogen and oxygen atoms in total. The van der Waals surface area contributed by atoms with Crippen LogP contribution in [0, 0.1) is 11.3 Å². The number of rotatable bonds is 4. The van der Waals surface area contributed by atoms with Crippen molar-refractivity contribution >= 4 is 0 Å². The molecule has 0 spiro atoms. The van der Waals surface area contributed by atoms with Crippen LogP contribution < -0.4 is 9.47 Å². The van der Waals surface area contributed by atoms with Gasteiger partial charge in [-0.15, -0.1) is 0 Å². The Bertz CT molecular complexity index is 535. The normalized spacial score (nSPS) is 30.8. The fourth-order valence-corrected chi connectivity index (χ4v) is 3.85. The van der Waals surface area contributed by atoms with Crippen molar-refractivity contribution in [3.05, 3.63) is 23.8 Å². The van der Waals surface area contributed by atoms with E-state index in [0.717, 1.165) is 51.0 Å². The molecule has 3 aliphatic rings. The highest BCUT2D eigenvalue weighted by Gasteiger charge is 2.50. The van der Waals surface area contributed by atoms with Crippen molar-refractivity contribution in [2.24, 2.45) is 11.3 Å². The summed E-state index contributed by atoms with van der Waals surface area (Å²) >= 11 is 0. The molecule has 0 amide bonds. The number of hydrogen-bond acceptors (Lipinski definition) is 5. The second-order valence-electron chi connectivity index (χ2n) is 6.36. The minimum Gasteiger partial charge on any atom is -0.454 e. The molecule has 0 bridgehead atoms. The smallest absolute Gasteiger partial charge is 0.231 e. The molecule has 4 rings (SSSR count). The molecule has 0 unspecified atom stereocenters. The minimum absolute atomic E-state index is 0.186. The van der Waals surface area contributed by atoms with Gasteiger partial charge in [-0.1, -0.05) is 6.07 Å². The third-order valence-electron chi connectivity index (χ3n) is 4.87. The second kappa shape index (κ2) is 5.16. The number of ether oxygens (including phenoxy) is 4. The molecule has 0 aliphatic carbocycles. The fourth-order valence-electron chi connectivity index (χ4n) is 3.85. The third kappa shape index (κ3) is 2.29. The zero-order chi connectivity index (χ0) is 14.3. The largest absolute Gasteiger partial charge is 0.454 e. The van der Waals surface area contributed by atoms with Gasteiger partial charge in [0.1, 0.15) is 0 Å². The van der Waals surface area contributed by atoms with Crippen molar-refractivity contribution in [1.82, 2.24) is 4.90 Å². The monoisotopic (exact) mass is 291 g/mol. The molecule has 1 aromatic carbocycles. The molecule has 1 aromatic rings. The second-order valence-corrected chi connectivity index (χ2v) is 6.36. The van der Waals surface area contributed by atoms with Crippen molar-refractivity contribution < 1.29 is 18.9 Å². The van der Waals surface area contributed by atoms with Crippen LogP contribution in [0.3, 0.4) is 0 Å². The Morgan fingerprint density at radius 3 is 3.14 bits per heavy atom. The van der Waals surface area contributed by atoms with Gasteiger partial charge in [0, 0.05) is 38.1 Å². The van der Waals surface area contributed by atoms with E-state index in [1.807, 2.05) is 6.07 Å². The molecule has 2 saturated heterocycles. The van der Waals surface area contributed by atoms with Gasteiger partial charge in [0.05, 0.1) is 19.8 Å². The number of benzene rings is 1. The quantitative estimate of drug-likeness (QED) is 0.841. The maximum absolute atomic E-state index is 5.68. The van der Waals surface area contributed by atoms with Crippen LogP contribution in [0.5, 0.6) is 11.5 Å². The first-order valence-corrected chi connectivity index (χ1v) is 7.47. The molecule has 0 N–H and O–H groups in total. The Kier molecular flexibility index (Phi) is 3.28. The predicted octanol–water partition coefficient (Wildman–Crippen LogP) is 1.51. The summed E-state index contributed by atoms with van der Waals surface area (Å²) < 4.78 is 21.9. The first kappa shape index (κ1) is 13.4. The van der Waals surface area contributed by atoms with Crippen LogP contribution >= 0.6 is 0 Å². The summed E-state index contributed by atoms with van der Waals surface area (Å²) in [6.07, 6.45) is 0. The van der Waals surface area contributed by atoms with Crippen molar-refractivity contribution in [2.45, 2.75) is 6.54 Å². The Labute approximate surface area is 124 Å². The van der Waals surface area contributed by atoms with Crippen LogP contribution in [0.1, 0.15) is 5.56 Å². The van der Waals surface area contributed by atoms with E-state index >= 15 is 0 Å². The molecule has 2 fully saturated rings. The summed E-state index contributed by atoms with van der Waals surface area (Å²) in [5.41, 5.74) is 1.46. The fraction of sp³-hybridized carbons (Fsp3) is 0.625. The minimum atomic E-state index is 0.186. The molecule has 3 aliphatic heterocycles. The molecule has 2 atom stereocenters. The van der Waals surface area contributed by atoms with Gasteiger partial charge >= 0.3 is 0 Å². The summed E-state index contributed by atoms with van der Waals surface area (Å²) in [6.45, 7) is 5.87. The standard InChI is InChI=1S/C16H21NO4/c1-18-9-16-8-17(6-13(16)7-19-10-16)5-12-2-3-14-15(4-12)21-11-20-14/h2-4,13H,5-11H2,1H3/t13-,16-/m0/s1. The molecular weight excluding hydrogens is 270 g/mol. The van der Waals surface area contributed by atoms with Crippen LogP contribution in [-0.2, 0) is 16.0 Å². The molecule has 114 valence electrons. The highest BCUT2D eigenvalue weighted by Crippen LogP contribution is 2.42. The number of hydrogen-bond donors (Lipinski definition) is 0. The maximum Gasteiger partial charge on any atom is 0.231 e. The highest BCUT2D eigenvalue weighted by molar-refractivity contribution is 5.44. The third-order valence-corrected chi connectivity index (χ3v) is 4.87. The number of methoxy groups -OCH3 is 1. The van der Waals surface area contributed by atoms with E-state index in [0.29, 0.717) is 12.7 Å². The van der Waals surface area contributed by atoms with E-state index in [2.05, 4.69) is 17.0 Å². The van der Waals surface area contributed by atoms with Gasteiger partial charge in [0.2, 0.25) is 6.79 Å². The lowest BCUT2D eigenvalue weighted by molar-refractivity contribution is 0.0533. The van der Waals surface area contributed by atoms with E-state index in [4.69, 9.17) is 18.9 Å². The Balaban J connectivity index is 1.46. The average Bonchev–Trinajstić information content (AvgIpc) is 3.12. The zero-order valence-corrected chi connectivity index (χ0v) is 12.3. The summed E-state index contributed by atoms with van der Waals surface area (Å²) in [7, 11) is 1.78. The van der Waals surface area contributed by atoms with Gasteiger partial charge in [-0.3, -0.25) is 4.90 Å². The van der Waals surface area contributed by atoms with Crippen molar-refractivity contribution in [3.63, 3.8) is 0 Å². The SMILES string of the molecule is COC[C@@]12COC[C@@H]1CN(Cc1ccc3c(c1)OCO3)C2. The van der Waals surface area contributed by atoms with Crippen molar-refractivity contribution in [2.75, 3.05) is 46.8 Å². The van der Waals surface area contributed by atoms with Gasteiger partial charge in [-0.25, -0.2) is 0 Å². The molecule has 5 heteroatoms. The first-order valence-electron chi connectivity index (χ1n) is 7.47. The van der Waals surface area contributed by atoms with E-state index in [-0.39, 0.29) is 5.41 Å². The van der Waals surface area contributed by atoms with E-state index in [9.17, 15) is 0 Å². The number of nitrogens with zero attached hydrogens (tertiary/aromatic N) is 1. The Hall–Kier alpha value is -1.30. The molecule has 0 aromatic heterocycles.